The van der Waals surface area contributed by atoms with Gasteiger partial charge in [0.15, 0.2) is 0 Å². The Hall–Kier alpha value is -1.09. The molecule has 1 aliphatic heterocycles. The number of hydrogen-bond acceptors (Lipinski definition) is 3. The first-order chi connectivity index (χ1) is 10.2. The van der Waals surface area contributed by atoms with Gasteiger partial charge in [-0.3, -0.25) is 4.79 Å². The van der Waals surface area contributed by atoms with E-state index in [9.17, 15) is 9.90 Å². The minimum atomic E-state index is -0.576. The monoisotopic (exact) mass is 294 g/mol. The van der Waals surface area contributed by atoms with Crippen LogP contribution in [0, 0.1) is 0 Å². The fourth-order valence-corrected chi connectivity index (χ4v) is 2.46. The van der Waals surface area contributed by atoms with Gasteiger partial charge in [-0.2, -0.15) is 0 Å². The van der Waals surface area contributed by atoms with Gasteiger partial charge in [0, 0.05) is 12.8 Å². The highest BCUT2D eigenvalue weighted by Gasteiger charge is 2.20. The van der Waals surface area contributed by atoms with E-state index in [4.69, 9.17) is 4.74 Å². The van der Waals surface area contributed by atoms with Crippen molar-refractivity contribution in [2.75, 3.05) is 0 Å². The van der Waals surface area contributed by atoms with Crippen molar-refractivity contribution in [3.63, 3.8) is 0 Å². The first kappa shape index (κ1) is 18.0. The summed E-state index contributed by atoms with van der Waals surface area (Å²) >= 11 is 0. The number of aliphatic hydroxyl groups excluding tert-OH is 1. The number of ether oxygens (including phenoxy) is 1. The van der Waals surface area contributed by atoms with Crippen LogP contribution in [-0.4, -0.2) is 23.3 Å². The van der Waals surface area contributed by atoms with E-state index >= 15 is 0 Å². The fourth-order valence-electron chi connectivity index (χ4n) is 2.46. The highest BCUT2D eigenvalue weighted by atomic mass is 16.6. The van der Waals surface area contributed by atoms with E-state index in [1.54, 1.807) is 0 Å². The van der Waals surface area contributed by atoms with Crippen molar-refractivity contribution in [1.29, 1.82) is 0 Å². The van der Waals surface area contributed by atoms with Crippen molar-refractivity contribution in [3.05, 3.63) is 24.3 Å². The van der Waals surface area contributed by atoms with Crippen LogP contribution in [0.1, 0.15) is 71.1 Å². The molecule has 120 valence electrons. The maximum absolute atomic E-state index is 11.8. The summed E-state index contributed by atoms with van der Waals surface area (Å²) in [4.78, 5) is 11.8. The van der Waals surface area contributed by atoms with Crippen molar-refractivity contribution in [2.45, 2.75) is 83.3 Å². The molecule has 1 aliphatic rings. The Balaban J connectivity index is 2.55. The second kappa shape index (κ2) is 11.6. The molecule has 0 aliphatic carbocycles. The molecule has 0 fully saturated rings. The fraction of sp³-hybridized carbons (Fsp3) is 0.722. The van der Waals surface area contributed by atoms with Crippen LogP contribution in [0.3, 0.4) is 0 Å². The minimum absolute atomic E-state index is 0.173. The van der Waals surface area contributed by atoms with Crippen molar-refractivity contribution < 1.29 is 14.6 Å². The van der Waals surface area contributed by atoms with Gasteiger partial charge in [0.1, 0.15) is 6.10 Å². The van der Waals surface area contributed by atoms with Gasteiger partial charge in [-0.15, -0.1) is 0 Å². The van der Waals surface area contributed by atoms with Gasteiger partial charge in [-0.1, -0.05) is 50.5 Å². The third-order valence-electron chi connectivity index (χ3n) is 3.86. The highest BCUT2D eigenvalue weighted by molar-refractivity contribution is 5.69. The van der Waals surface area contributed by atoms with Gasteiger partial charge in [0.25, 0.3) is 0 Å². The van der Waals surface area contributed by atoms with E-state index < -0.39 is 12.2 Å². The van der Waals surface area contributed by atoms with Gasteiger partial charge in [0.2, 0.25) is 0 Å². The number of hydrogen-bond donors (Lipinski definition) is 1. The van der Waals surface area contributed by atoms with Crippen LogP contribution < -0.4 is 0 Å². The van der Waals surface area contributed by atoms with Gasteiger partial charge >= 0.3 is 5.97 Å². The van der Waals surface area contributed by atoms with Gasteiger partial charge in [-0.25, -0.2) is 0 Å². The maximum Gasteiger partial charge on any atom is 0.306 e. The lowest BCUT2D eigenvalue weighted by atomic mass is 10.1. The van der Waals surface area contributed by atoms with Crippen LogP contribution in [0.5, 0.6) is 0 Å². The van der Waals surface area contributed by atoms with E-state index in [-0.39, 0.29) is 5.97 Å². The Morgan fingerprint density at radius 1 is 1.14 bits per heavy atom. The van der Waals surface area contributed by atoms with Crippen molar-refractivity contribution >= 4 is 5.97 Å². The van der Waals surface area contributed by atoms with Crippen LogP contribution in [0.15, 0.2) is 24.3 Å². The van der Waals surface area contributed by atoms with E-state index in [1.807, 2.05) is 13.0 Å². The molecule has 0 saturated heterocycles. The lowest BCUT2D eigenvalue weighted by Crippen LogP contribution is -2.30. The third-order valence-corrected chi connectivity index (χ3v) is 3.86. The molecule has 0 aromatic rings. The van der Waals surface area contributed by atoms with Crippen molar-refractivity contribution in [1.82, 2.24) is 0 Å². The summed E-state index contributed by atoms with van der Waals surface area (Å²) in [6, 6.07) is 0. The topological polar surface area (TPSA) is 46.5 Å². The largest absolute Gasteiger partial charge is 0.459 e. The van der Waals surface area contributed by atoms with E-state index in [2.05, 4.69) is 18.2 Å². The predicted molar refractivity (Wildman–Crippen MR) is 86.0 cm³/mol. The van der Waals surface area contributed by atoms with Crippen LogP contribution in [0.2, 0.25) is 0 Å². The summed E-state index contributed by atoms with van der Waals surface area (Å²) in [6.07, 6.45) is 16.9. The SMILES string of the molecule is CCC(O)C1CC=CCC=CCCCCCCCC(=O)O1. The van der Waals surface area contributed by atoms with Gasteiger partial charge in [-0.05, 0) is 32.1 Å². The third kappa shape index (κ3) is 8.71. The summed E-state index contributed by atoms with van der Waals surface area (Å²) in [7, 11) is 0. The highest BCUT2D eigenvalue weighted by Crippen LogP contribution is 2.13. The molecule has 2 unspecified atom stereocenters. The Morgan fingerprint density at radius 3 is 2.67 bits per heavy atom. The Morgan fingerprint density at radius 2 is 1.86 bits per heavy atom. The molecular weight excluding hydrogens is 264 g/mol. The number of carbonyl (C=O) groups is 1. The van der Waals surface area contributed by atoms with Crippen molar-refractivity contribution in [2.24, 2.45) is 0 Å². The number of aliphatic hydroxyl groups is 1. The molecule has 0 spiro atoms. The molecule has 1 heterocycles. The lowest BCUT2D eigenvalue weighted by molar-refractivity contribution is -0.155. The maximum atomic E-state index is 11.8. The number of cyclic esters (lactones) is 1. The number of rotatable bonds is 2. The average Bonchev–Trinajstić information content (AvgIpc) is 2.48. The summed E-state index contributed by atoms with van der Waals surface area (Å²) in [6.45, 7) is 1.91. The van der Waals surface area contributed by atoms with Crippen molar-refractivity contribution in [3.8, 4) is 0 Å². The quantitative estimate of drug-likeness (QED) is 0.610. The number of esters is 1. The lowest BCUT2D eigenvalue weighted by Gasteiger charge is -2.21. The zero-order chi connectivity index (χ0) is 15.3. The Labute approximate surface area is 129 Å². The van der Waals surface area contributed by atoms with Gasteiger partial charge in [0.05, 0.1) is 6.10 Å². The van der Waals surface area contributed by atoms with E-state index in [0.29, 0.717) is 19.3 Å². The predicted octanol–water partition coefficient (Wildman–Crippen LogP) is 4.31. The van der Waals surface area contributed by atoms with E-state index in [0.717, 1.165) is 25.7 Å². The second-order valence-electron chi connectivity index (χ2n) is 5.72. The summed E-state index contributed by atoms with van der Waals surface area (Å²) in [5.74, 6) is -0.173. The molecule has 1 N–H and O–H groups in total. The van der Waals surface area contributed by atoms with Gasteiger partial charge < -0.3 is 9.84 Å². The molecule has 0 radical (unpaired) electrons. The van der Waals surface area contributed by atoms with Crippen LogP contribution in [-0.2, 0) is 9.53 Å². The summed E-state index contributed by atoms with van der Waals surface area (Å²) in [5, 5.41) is 9.96. The smallest absolute Gasteiger partial charge is 0.306 e. The first-order valence-corrected chi connectivity index (χ1v) is 8.41. The summed E-state index contributed by atoms with van der Waals surface area (Å²) < 4.78 is 5.45. The molecule has 2 atom stereocenters. The Kier molecular flexibility index (Phi) is 9.88. The molecule has 0 aromatic heterocycles. The molecule has 3 heteroatoms. The van der Waals surface area contributed by atoms with Crippen LogP contribution in [0.4, 0.5) is 0 Å². The first-order valence-electron chi connectivity index (χ1n) is 8.41. The normalized spacial score (nSPS) is 24.5. The van der Waals surface area contributed by atoms with E-state index in [1.165, 1.54) is 19.3 Å². The average molecular weight is 294 g/mol. The molecule has 3 nitrogen and oxygen atoms in total. The molecule has 0 aromatic carbocycles. The zero-order valence-electron chi connectivity index (χ0n) is 13.3. The molecule has 0 bridgehead atoms. The number of allylic oxidation sites excluding steroid dienone is 3. The molecule has 0 saturated carbocycles. The second-order valence-corrected chi connectivity index (χ2v) is 5.72. The zero-order valence-corrected chi connectivity index (χ0v) is 13.3. The molecule has 1 rings (SSSR count). The standard InChI is InChI=1S/C18H30O3/c1-2-16(19)17-14-12-10-8-6-4-3-5-7-9-11-13-15-18(20)21-17/h4,6,10,12,16-17,19H,2-3,5,7-9,11,13-15H2,1H3. The summed E-state index contributed by atoms with van der Waals surface area (Å²) in [5.41, 5.74) is 0. The number of carbonyl (C=O) groups excluding carboxylic acids is 1. The van der Waals surface area contributed by atoms with Crippen LogP contribution >= 0.6 is 0 Å². The minimum Gasteiger partial charge on any atom is -0.459 e. The molecule has 21 heavy (non-hydrogen) atoms. The van der Waals surface area contributed by atoms with Crippen LogP contribution in [0.25, 0.3) is 0 Å². The molecular formula is C18H30O3. The Bertz CT molecular complexity index is 333. The molecule has 0 amide bonds.